The number of benzene rings is 1. The van der Waals surface area contributed by atoms with Gasteiger partial charge in [0.2, 0.25) is 0 Å². The van der Waals surface area contributed by atoms with Crippen LogP contribution in [0.4, 0.5) is 0 Å². The molecule has 1 saturated heterocycles. The summed E-state index contributed by atoms with van der Waals surface area (Å²) in [6.45, 7) is 3.41. The summed E-state index contributed by atoms with van der Waals surface area (Å²) in [5.74, 6) is 0.872. The van der Waals surface area contributed by atoms with Gasteiger partial charge in [0.25, 0.3) is 0 Å². The number of likely N-dealkylation sites (tertiary alicyclic amines) is 1. The highest BCUT2D eigenvalue weighted by Gasteiger charge is 2.23. The van der Waals surface area contributed by atoms with E-state index in [4.69, 9.17) is 5.73 Å². The van der Waals surface area contributed by atoms with Gasteiger partial charge in [-0.15, -0.1) is 0 Å². The van der Waals surface area contributed by atoms with Gasteiger partial charge in [-0.2, -0.15) is 0 Å². The summed E-state index contributed by atoms with van der Waals surface area (Å²) in [5, 5.41) is 0. The normalized spacial score (nSPS) is 22.9. The molecule has 0 atom stereocenters. The van der Waals surface area contributed by atoms with Gasteiger partial charge in [0.05, 0.1) is 0 Å². The van der Waals surface area contributed by atoms with Crippen LogP contribution >= 0.6 is 0 Å². The Bertz CT molecular complexity index is 359. The Labute approximate surface area is 104 Å². The maximum absolute atomic E-state index is 5.92. The van der Waals surface area contributed by atoms with Gasteiger partial charge in [-0.1, -0.05) is 24.3 Å². The Balaban J connectivity index is 1.57. The Morgan fingerprint density at radius 1 is 1.00 bits per heavy atom. The molecule has 92 valence electrons. The van der Waals surface area contributed by atoms with E-state index in [2.05, 4.69) is 29.2 Å². The van der Waals surface area contributed by atoms with Crippen molar-refractivity contribution < 1.29 is 0 Å². The lowest BCUT2D eigenvalue weighted by Gasteiger charge is -2.30. The smallest absolute Gasteiger partial charge is 0.0233 e. The van der Waals surface area contributed by atoms with Crippen molar-refractivity contribution in [2.45, 2.75) is 44.2 Å². The van der Waals surface area contributed by atoms with Crippen molar-refractivity contribution in [1.82, 2.24) is 4.90 Å². The minimum atomic E-state index is 0.434. The lowest BCUT2D eigenvalue weighted by molar-refractivity contribution is 0.205. The van der Waals surface area contributed by atoms with Gasteiger partial charge >= 0.3 is 0 Å². The fourth-order valence-corrected chi connectivity index (χ4v) is 2.68. The van der Waals surface area contributed by atoms with Crippen molar-refractivity contribution in [3.63, 3.8) is 0 Å². The first-order valence-corrected chi connectivity index (χ1v) is 6.88. The molecule has 2 nitrogen and oxygen atoms in total. The second-order valence-corrected chi connectivity index (χ2v) is 5.63. The van der Waals surface area contributed by atoms with Crippen LogP contribution < -0.4 is 5.73 Å². The summed E-state index contributed by atoms with van der Waals surface area (Å²) < 4.78 is 0. The summed E-state index contributed by atoms with van der Waals surface area (Å²) in [6, 6.07) is 9.69. The van der Waals surface area contributed by atoms with Crippen molar-refractivity contribution in [1.29, 1.82) is 0 Å². The van der Waals surface area contributed by atoms with Gasteiger partial charge in [0.15, 0.2) is 0 Å². The van der Waals surface area contributed by atoms with Gasteiger partial charge in [-0.3, -0.25) is 4.90 Å². The maximum atomic E-state index is 5.92. The standard InChI is InChI=1S/C15H22N2/c16-15-7-9-17(10-8-15)11-12-1-3-13(4-2-12)14-5-6-14/h1-4,14-15H,5-11,16H2. The van der Waals surface area contributed by atoms with Gasteiger partial charge in [-0.25, -0.2) is 0 Å². The fraction of sp³-hybridized carbons (Fsp3) is 0.600. The second kappa shape index (κ2) is 4.79. The zero-order chi connectivity index (χ0) is 11.7. The highest BCUT2D eigenvalue weighted by molar-refractivity contribution is 5.28. The number of nitrogens with zero attached hydrogens (tertiary/aromatic N) is 1. The molecule has 1 aliphatic heterocycles. The highest BCUT2D eigenvalue weighted by Crippen LogP contribution is 2.39. The van der Waals surface area contributed by atoms with Crippen LogP contribution in [-0.2, 0) is 6.54 Å². The molecule has 1 aliphatic carbocycles. The summed E-state index contributed by atoms with van der Waals surface area (Å²) in [5.41, 5.74) is 8.91. The Hall–Kier alpha value is -0.860. The third-order valence-electron chi connectivity index (χ3n) is 4.07. The highest BCUT2D eigenvalue weighted by atomic mass is 15.1. The summed E-state index contributed by atoms with van der Waals surface area (Å²) in [4.78, 5) is 2.52. The molecule has 2 aliphatic rings. The average molecular weight is 230 g/mol. The van der Waals surface area contributed by atoms with E-state index in [0.717, 1.165) is 38.4 Å². The lowest BCUT2D eigenvalue weighted by atomic mass is 10.0. The molecule has 3 rings (SSSR count). The van der Waals surface area contributed by atoms with Crippen molar-refractivity contribution in [3.05, 3.63) is 35.4 Å². The van der Waals surface area contributed by atoms with E-state index in [1.54, 1.807) is 0 Å². The molecule has 0 aromatic heterocycles. The maximum Gasteiger partial charge on any atom is 0.0233 e. The van der Waals surface area contributed by atoms with Crippen LogP contribution in [0.1, 0.15) is 42.7 Å². The third-order valence-corrected chi connectivity index (χ3v) is 4.07. The Morgan fingerprint density at radius 2 is 1.65 bits per heavy atom. The molecule has 0 unspecified atom stereocenters. The van der Waals surface area contributed by atoms with Crippen LogP contribution in [-0.4, -0.2) is 24.0 Å². The molecule has 2 N–H and O–H groups in total. The molecule has 2 heteroatoms. The Kier molecular flexibility index (Phi) is 3.17. The van der Waals surface area contributed by atoms with Gasteiger partial charge in [-0.05, 0) is 55.8 Å². The molecule has 1 saturated carbocycles. The molecular weight excluding hydrogens is 208 g/mol. The monoisotopic (exact) mass is 230 g/mol. The van der Waals surface area contributed by atoms with Crippen LogP contribution in [0.25, 0.3) is 0 Å². The zero-order valence-electron chi connectivity index (χ0n) is 10.4. The van der Waals surface area contributed by atoms with Gasteiger partial charge in [0, 0.05) is 12.6 Å². The van der Waals surface area contributed by atoms with Crippen molar-refractivity contribution >= 4 is 0 Å². The number of rotatable bonds is 3. The van der Waals surface area contributed by atoms with E-state index < -0.39 is 0 Å². The summed E-state index contributed by atoms with van der Waals surface area (Å²) in [7, 11) is 0. The van der Waals surface area contributed by atoms with E-state index in [-0.39, 0.29) is 0 Å². The van der Waals surface area contributed by atoms with E-state index >= 15 is 0 Å². The number of hydrogen-bond donors (Lipinski definition) is 1. The minimum Gasteiger partial charge on any atom is -0.328 e. The first kappa shape index (κ1) is 11.2. The van der Waals surface area contributed by atoms with E-state index in [9.17, 15) is 0 Å². The van der Waals surface area contributed by atoms with Gasteiger partial charge in [0.1, 0.15) is 0 Å². The van der Waals surface area contributed by atoms with Gasteiger partial charge < -0.3 is 5.73 Å². The molecule has 0 spiro atoms. The van der Waals surface area contributed by atoms with Crippen LogP contribution in [0.5, 0.6) is 0 Å². The Morgan fingerprint density at radius 3 is 2.24 bits per heavy atom. The molecule has 0 amide bonds. The van der Waals surface area contributed by atoms with Crippen molar-refractivity contribution in [2.75, 3.05) is 13.1 Å². The van der Waals surface area contributed by atoms with Crippen molar-refractivity contribution in [3.8, 4) is 0 Å². The molecule has 1 aromatic carbocycles. The minimum absolute atomic E-state index is 0.434. The number of piperidine rings is 1. The van der Waals surface area contributed by atoms with E-state index in [1.165, 1.54) is 24.0 Å². The largest absolute Gasteiger partial charge is 0.328 e. The molecule has 1 heterocycles. The first-order valence-electron chi connectivity index (χ1n) is 6.88. The number of nitrogens with two attached hydrogens (primary N) is 1. The molecular formula is C15H22N2. The summed E-state index contributed by atoms with van der Waals surface area (Å²) >= 11 is 0. The molecule has 1 aromatic rings. The van der Waals surface area contributed by atoms with Crippen LogP contribution in [0.15, 0.2) is 24.3 Å². The molecule has 2 fully saturated rings. The van der Waals surface area contributed by atoms with Crippen LogP contribution in [0.3, 0.4) is 0 Å². The van der Waals surface area contributed by atoms with Crippen LogP contribution in [0.2, 0.25) is 0 Å². The predicted molar refractivity (Wildman–Crippen MR) is 70.9 cm³/mol. The predicted octanol–water partition coefficient (Wildman–Crippen LogP) is 2.49. The van der Waals surface area contributed by atoms with E-state index in [1.807, 2.05) is 0 Å². The summed E-state index contributed by atoms with van der Waals surface area (Å²) in [6.07, 6.45) is 5.09. The fourth-order valence-electron chi connectivity index (χ4n) is 2.68. The van der Waals surface area contributed by atoms with Crippen LogP contribution in [0, 0.1) is 0 Å². The van der Waals surface area contributed by atoms with E-state index in [0.29, 0.717) is 6.04 Å². The molecule has 17 heavy (non-hydrogen) atoms. The molecule has 0 radical (unpaired) electrons. The molecule has 0 bridgehead atoms. The lowest BCUT2D eigenvalue weighted by Crippen LogP contribution is -2.39. The third kappa shape index (κ3) is 2.88. The first-order chi connectivity index (χ1) is 8.31. The topological polar surface area (TPSA) is 29.3 Å². The van der Waals surface area contributed by atoms with Crippen molar-refractivity contribution in [2.24, 2.45) is 5.73 Å². The number of hydrogen-bond acceptors (Lipinski definition) is 2. The quantitative estimate of drug-likeness (QED) is 0.864. The zero-order valence-corrected chi connectivity index (χ0v) is 10.4. The SMILES string of the molecule is NC1CCN(Cc2ccc(C3CC3)cc2)CC1. The average Bonchev–Trinajstić information content (AvgIpc) is 3.17. The second-order valence-electron chi connectivity index (χ2n) is 5.63.